The second-order valence-electron chi connectivity index (χ2n) is 1.31. The van der Waals surface area contributed by atoms with Crippen LogP contribution in [0.4, 0.5) is 0 Å². The van der Waals surface area contributed by atoms with Crippen molar-refractivity contribution in [2.24, 2.45) is 0 Å². The Kier molecular flexibility index (Phi) is 2.11. The molecule has 0 aliphatic rings. The monoisotopic (exact) mass is 253 g/mol. The average Bonchev–Trinajstić information content (AvgIpc) is 1.85. The standard InChI is InChI=1S/C3H2BBr2NS/c4-1-2(5)7-3(6)8-1/h4H2. The van der Waals surface area contributed by atoms with Crippen molar-refractivity contribution in [3.05, 3.63) is 8.52 Å². The van der Waals surface area contributed by atoms with Crippen molar-refractivity contribution in [1.82, 2.24) is 4.98 Å². The highest BCUT2D eigenvalue weighted by Gasteiger charge is 1.98. The first kappa shape index (κ1) is 6.77. The van der Waals surface area contributed by atoms with E-state index in [4.69, 9.17) is 0 Å². The summed E-state index contributed by atoms with van der Waals surface area (Å²) in [6.07, 6.45) is 0. The summed E-state index contributed by atoms with van der Waals surface area (Å²) in [5.41, 5.74) is 0. The van der Waals surface area contributed by atoms with Gasteiger partial charge >= 0.3 is 0 Å². The molecule has 0 aromatic carbocycles. The van der Waals surface area contributed by atoms with E-state index in [1.54, 1.807) is 11.3 Å². The van der Waals surface area contributed by atoms with Crippen molar-refractivity contribution in [2.45, 2.75) is 0 Å². The van der Waals surface area contributed by atoms with E-state index in [0.29, 0.717) is 0 Å². The maximum Gasteiger partial charge on any atom is 0.159 e. The van der Waals surface area contributed by atoms with Crippen LogP contribution in [-0.4, -0.2) is 12.8 Å². The fourth-order valence-corrected chi connectivity index (χ4v) is 2.55. The van der Waals surface area contributed by atoms with E-state index in [0.717, 1.165) is 8.52 Å². The van der Waals surface area contributed by atoms with Crippen molar-refractivity contribution >= 4 is 55.8 Å². The van der Waals surface area contributed by atoms with Gasteiger partial charge in [-0.1, -0.05) is 0 Å². The molecular formula is C3H2BBr2NS. The second-order valence-corrected chi connectivity index (χ2v) is 4.54. The molecule has 0 saturated carbocycles. The van der Waals surface area contributed by atoms with Gasteiger partial charge in [-0.2, -0.15) is 0 Å². The van der Waals surface area contributed by atoms with Crippen LogP contribution in [-0.2, 0) is 0 Å². The van der Waals surface area contributed by atoms with E-state index < -0.39 is 0 Å². The van der Waals surface area contributed by atoms with Gasteiger partial charge < -0.3 is 0 Å². The van der Waals surface area contributed by atoms with Gasteiger partial charge in [-0.3, -0.25) is 0 Å². The first-order valence-corrected chi connectivity index (χ1v) is 4.39. The maximum absolute atomic E-state index is 4.06. The number of nitrogens with zero attached hydrogens (tertiary/aromatic N) is 1. The molecule has 1 aromatic rings. The molecule has 1 heterocycles. The summed E-state index contributed by atoms with van der Waals surface area (Å²) < 4.78 is 3.08. The number of rotatable bonds is 0. The first-order valence-electron chi connectivity index (χ1n) is 1.98. The van der Waals surface area contributed by atoms with E-state index in [1.165, 1.54) is 4.78 Å². The summed E-state index contributed by atoms with van der Waals surface area (Å²) in [6, 6.07) is 0. The summed E-state index contributed by atoms with van der Waals surface area (Å²) in [5, 5.41) is 0. The minimum Gasteiger partial charge on any atom is -0.223 e. The number of thiazole rings is 1. The summed E-state index contributed by atoms with van der Waals surface area (Å²) in [5.74, 6) is 0. The Morgan fingerprint density at radius 3 is 2.25 bits per heavy atom. The number of hydrogen-bond acceptors (Lipinski definition) is 2. The van der Waals surface area contributed by atoms with Gasteiger partial charge in [-0.15, -0.1) is 11.3 Å². The zero-order chi connectivity index (χ0) is 6.15. The molecule has 0 bridgehead atoms. The smallest absolute Gasteiger partial charge is 0.159 e. The second kappa shape index (κ2) is 2.50. The van der Waals surface area contributed by atoms with Gasteiger partial charge in [0.25, 0.3) is 0 Å². The first-order chi connectivity index (χ1) is 3.70. The Morgan fingerprint density at radius 1 is 1.50 bits per heavy atom. The third-order valence-corrected chi connectivity index (χ3v) is 3.17. The van der Waals surface area contributed by atoms with Crippen LogP contribution in [0.25, 0.3) is 0 Å². The highest BCUT2D eigenvalue weighted by Crippen LogP contribution is 2.16. The van der Waals surface area contributed by atoms with Crippen LogP contribution < -0.4 is 4.78 Å². The molecule has 0 fully saturated rings. The Labute approximate surface area is 69.2 Å². The van der Waals surface area contributed by atoms with Gasteiger partial charge in [0.1, 0.15) is 4.60 Å². The van der Waals surface area contributed by atoms with Crippen LogP contribution in [0, 0.1) is 0 Å². The molecule has 0 amide bonds. The van der Waals surface area contributed by atoms with Gasteiger partial charge in [0.05, 0.1) is 0 Å². The van der Waals surface area contributed by atoms with E-state index in [9.17, 15) is 0 Å². The minimum absolute atomic E-state index is 0.932. The zero-order valence-electron chi connectivity index (χ0n) is 4.11. The fraction of sp³-hybridized carbons (Fsp3) is 0. The topological polar surface area (TPSA) is 12.9 Å². The van der Waals surface area contributed by atoms with E-state index in [1.807, 2.05) is 7.85 Å². The molecule has 0 radical (unpaired) electrons. The third kappa shape index (κ3) is 1.33. The van der Waals surface area contributed by atoms with Gasteiger partial charge in [0.2, 0.25) is 0 Å². The highest BCUT2D eigenvalue weighted by atomic mass is 79.9. The molecule has 8 heavy (non-hydrogen) atoms. The number of halogens is 2. The van der Waals surface area contributed by atoms with Crippen LogP contribution in [0.2, 0.25) is 0 Å². The quantitative estimate of drug-likeness (QED) is 0.628. The molecule has 1 aromatic heterocycles. The summed E-state index contributed by atoms with van der Waals surface area (Å²) >= 11 is 8.17. The number of hydrogen-bond donors (Lipinski definition) is 0. The van der Waals surface area contributed by atoms with E-state index >= 15 is 0 Å². The van der Waals surface area contributed by atoms with Crippen LogP contribution in [0.3, 0.4) is 0 Å². The highest BCUT2D eigenvalue weighted by molar-refractivity contribution is 9.11. The molecule has 1 nitrogen and oxygen atoms in total. The van der Waals surface area contributed by atoms with Gasteiger partial charge in [0.15, 0.2) is 11.8 Å². The Bertz CT molecular complexity index is 180. The van der Waals surface area contributed by atoms with Crippen LogP contribution in [0.15, 0.2) is 8.52 Å². The summed E-state index contributed by atoms with van der Waals surface area (Å²) in [4.78, 5) is 4.06. The fourth-order valence-electron chi connectivity index (χ4n) is 0.347. The largest absolute Gasteiger partial charge is 0.223 e. The molecule has 0 atom stereocenters. The van der Waals surface area contributed by atoms with Crippen molar-refractivity contribution in [3.8, 4) is 0 Å². The normalized spacial score (nSPS) is 9.75. The molecule has 0 unspecified atom stereocenters. The lowest BCUT2D eigenvalue weighted by Gasteiger charge is -1.74. The average molecular weight is 255 g/mol. The Morgan fingerprint density at radius 2 is 2.12 bits per heavy atom. The summed E-state index contributed by atoms with van der Waals surface area (Å²) in [7, 11) is 2.02. The molecule has 0 saturated heterocycles. The SMILES string of the molecule is Bc1sc(Br)nc1Br. The number of aromatic nitrogens is 1. The van der Waals surface area contributed by atoms with Crippen molar-refractivity contribution in [3.63, 3.8) is 0 Å². The molecule has 0 aliphatic carbocycles. The van der Waals surface area contributed by atoms with Crippen LogP contribution in [0.5, 0.6) is 0 Å². The Balaban J connectivity index is 3.14. The predicted octanol–water partition coefficient (Wildman–Crippen LogP) is 0.926. The predicted molar refractivity (Wildman–Crippen MR) is 45.7 cm³/mol. The lowest BCUT2D eigenvalue weighted by Crippen LogP contribution is -1.94. The molecule has 0 aliphatic heterocycles. The molecular weight excluding hydrogens is 253 g/mol. The maximum atomic E-state index is 4.06. The molecule has 0 spiro atoms. The van der Waals surface area contributed by atoms with E-state index in [-0.39, 0.29) is 0 Å². The van der Waals surface area contributed by atoms with Gasteiger partial charge in [-0.05, 0) is 36.6 Å². The molecule has 1 rings (SSSR count). The van der Waals surface area contributed by atoms with Crippen molar-refractivity contribution in [1.29, 1.82) is 0 Å². The lowest BCUT2D eigenvalue weighted by molar-refractivity contribution is 1.34. The van der Waals surface area contributed by atoms with Gasteiger partial charge in [0, 0.05) is 0 Å². The van der Waals surface area contributed by atoms with Crippen molar-refractivity contribution < 1.29 is 0 Å². The molecule has 0 N–H and O–H groups in total. The Hall–Kier alpha value is 0.655. The summed E-state index contributed by atoms with van der Waals surface area (Å²) in [6.45, 7) is 0. The lowest BCUT2D eigenvalue weighted by atomic mass is 10.1. The van der Waals surface area contributed by atoms with Gasteiger partial charge in [-0.25, -0.2) is 4.98 Å². The van der Waals surface area contributed by atoms with Crippen LogP contribution in [0.1, 0.15) is 0 Å². The minimum atomic E-state index is 0.932. The zero-order valence-corrected chi connectivity index (χ0v) is 8.10. The van der Waals surface area contributed by atoms with Crippen LogP contribution >= 0.6 is 43.2 Å². The van der Waals surface area contributed by atoms with E-state index in [2.05, 4.69) is 36.8 Å². The van der Waals surface area contributed by atoms with Crippen molar-refractivity contribution in [2.75, 3.05) is 0 Å². The third-order valence-electron chi connectivity index (χ3n) is 0.714. The molecule has 5 heteroatoms. The molecule has 42 valence electrons.